The molecule has 3 heterocycles. The van der Waals surface area contributed by atoms with Gasteiger partial charge in [-0.3, -0.25) is 0 Å². The lowest BCUT2D eigenvalue weighted by atomic mass is 9.96. The third-order valence-corrected chi connectivity index (χ3v) is 13.1. The van der Waals surface area contributed by atoms with Crippen LogP contribution >= 0.6 is 11.3 Å². The van der Waals surface area contributed by atoms with Gasteiger partial charge in [0, 0.05) is 47.6 Å². The van der Waals surface area contributed by atoms with Crippen LogP contribution in [0.4, 0.5) is 0 Å². The first-order valence-corrected chi connectivity index (χ1v) is 21.7. The molecule has 62 heavy (non-hydrogen) atoms. The monoisotopic (exact) mass is 808 g/mol. The van der Waals surface area contributed by atoms with Crippen LogP contribution in [0, 0.1) is 0 Å². The number of thiophene rings is 1. The molecule has 0 aliphatic heterocycles. The fraction of sp³-hybridized carbons (Fsp3) is 0. The van der Waals surface area contributed by atoms with Gasteiger partial charge < -0.3 is 4.57 Å². The molecule has 12 rings (SSSR count). The lowest BCUT2D eigenvalue weighted by Crippen LogP contribution is -2.03. The van der Waals surface area contributed by atoms with Crippen LogP contribution in [0.2, 0.25) is 0 Å². The first-order chi connectivity index (χ1) is 30.7. The van der Waals surface area contributed by atoms with E-state index in [0.29, 0.717) is 17.5 Å². The van der Waals surface area contributed by atoms with E-state index in [9.17, 15) is 0 Å². The molecule has 4 nitrogen and oxygen atoms in total. The van der Waals surface area contributed by atoms with E-state index in [1.165, 1.54) is 42.1 Å². The van der Waals surface area contributed by atoms with Crippen LogP contribution in [-0.4, -0.2) is 19.5 Å². The number of hydrogen-bond donors (Lipinski definition) is 0. The van der Waals surface area contributed by atoms with E-state index in [0.717, 1.165) is 55.7 Å². The number of rotatable bonds is 7. The molecule has 12 aromatic rings. The van der Waals surface area contributed by atoms with Crippen molar-refractivity contribution >= 4 is 53.3 Å². The molecule has 0 saturated carbocycles. The third-order valence-electron chi connectivity index (χ3n) is 11.8. The summed E-state index contributed by atoms with van der Waals surface area (Å²) in [6.07, 6.45) is 0. The summed E-state index contributed by atoms with van der Waals surface area (Å²) in [6, 6.07) is 77.2. The molecule has 9 aromatic carbocycles. The molecule has 0 radical (unpaired) electrons. The van der Waals surface area contributed by atoms with Crippen LogP contribution in [-0.2, 0) is 0 Å². The first kappa shape index (κ1) is 35.9. The second-order valence-electron chi connectivity index (χ2n) is 15.6. The van der Waals surface area contributed by atoms with Crippen molar-refractivity contribution in [2.75, 3.05) is 0 Å². The van der Waals surface area contributed by atoms with Crippen molar-refractivity contribution in [3.63, 3.8) is 0 Å². The molecule has 0 amide bonds. The lowest BCUT2D eigenvalue weighted by Gasteiger charge is -2.15. The molecule has 290 valence electrons. The standard InChI is InChI=1S/C57H36N4S/c1-5-18-37(19-6-1)41-34-42(38-20-7-2-8-21-38)36-43(35-41)56-58-55(40-24-11-4-12-25-40)59-57(60-56)48-27-14-16-31-50(48)61-49-30-15-13-26-47(49)52-51(61)33-32-46-45-29-17-28-44(53(45)62-54(46)52)39-22-9-3-10-23-39/h1-36H. The molecule has 0 aliphatic rings. The molecule has 0 saturated heterocycles. The van der Waals surface area contributed by atoms with Gasteiger partial charge in [-0.25, -0.2) is 15.0 Å². The zero-order chi connectivity index (χ0) is 41.0. The van der Waals surface area contributed by atoms with Crippen LogP contribution in [0.3, 0.4) is 0 Å². The highest BCUT2D eigenvalue weighted by molar-refractivity contribution is 7.27. The van der Waals surface area contributed by atoms with Crippen molar-refractivity contribution in [2.24, 2.45) is 0 Å². The Bertz CT molecular complexity index is 3560. The Morgan fingerprint density at radius 2 is 0.806 bits per heavy atom. The number of para-hydroxylation sites is 2. The minimum Gasteiger partial charge on any atom is -0.308 e. The fourth-order valence-corrected chi connectivity index (χ4v) is 10.4. The van der Waals surface area contributed by atoms with Gasteiger partial charge in [-0.1, -0.05) is 176 Å². The first-order valence-electron chi connectivity index (χ1n) is 20.9. The largest absolute Gasteiger partial charge is 0.308 e. The predicted molar refractivity (Wildman–Crippen MR) is 260 cm³/mol. The zero-order valence-corrected chi connectivity index (χ0v) is 34.3. The van der Waals surface area contributed by atoms with Crippen molar-refractivity contribution < 1.29 is 0 Å². The van der Waals surface area contributed by atoms with Gasteiger partial charge in [0.25, 0.3) is 0 Å². The van der Waals surface area contributed by atoms with Gasteiger partial charge in [0.2, 0.25) is 0 Å². The summed E-state index contributed by atoms with van der Waals surface area (Å²) in [4.78, 5) is 15.9. The molecule has 5 heteroatoms. The summed E-state index contributed by atoms with van der Waals surface area (Å²) in [5, 5.41) is 5.01. The van der Waals surface area contributed by atoms with Gasteiger partial charge in [-0.2, -0.15) is 0 Å². The van der Waals surface area contributed by atoms with Crippen LogP contribution < -0.4 is 0 Å². The molecule has 3 aromatic heterocycles. The molecular formula is C57H36N4S. The second kappa shape index (κ2) is 14.9. The highest BCUT2D eigenvalue weighted by atomic mass is 32.1. The number of nitrogens with zero attached hydrogens (tertiary/aromatic N) is 4. The normalized spacial score (nSPS) is 11.5. The van der Waals surface area contributed by atoms with Gasteiger partial charge >= 0.3 is 0 Å². The minimum absolute atomic E-state index is 0.609. The number of aromatic nitrogens is 4. The predicted octanol–water partition coefficient (Wildman–Crippen LogP) is 15.3. The molecule has 0 N–H and O–H groups in total. The molecule has 0 spiro atoms. The lowest BCUT2D eigenvalue weighted by molar-refractivity contribution is 1.06. The summed E-state index contributed by atoms with van der Waals surface area (Å²) in [5.74, 6) is 1.84. The van der Waals surface area contributed by atoms with Crippen LogP contribution in [0.5, 0.6) is 0 Å². The van der Waals surface area contributed by atoms with E-state index in [2.05, 4.69) is 205 Å². The molecule has 0 unspecified atom stereocenters. The third kappa shape index (κ3) is 6.09. The van der Waals surface area contributed by atoms with E-state index >= 15 is 0 Å². The Morgan fingerprint density at radius 1 is 0.306 bits per heavy atom. The molecular weight excluding hydrogens is 773 g/mol. The average molecular weight is 809 g/mol. The Morgan fingerprint density at radius 3 is 1.50 bits per heavy atom. The van der Waals surface area contributed by atoms with Crippen molar-refractivity contribution in [3.05, 3.63) is 218 Å². The Balaban J connectivity index is 1.09. The van der Waals surface area contributed by atoms with Crippen molar-refractivity contribution in [1.82, 2.24) is 19.5 Å². The van der Waals surface area contributed by atoms with E-state index in [4.69, 9.17) is 15.0 Å². The Labute approximate surface area is 362 Å². The number of fused-ring (bicyclic) bond motifs is 7. The van der Waals surface area contributed by atoms with Gasteiger partial charge in [0.05, 0.1) is 16.7 Å². The highest BCUT2D eigenvalue weighted by Crippen LogP contribution is 2.46. The Kier molecular flexibility index (Phi) is 8.65. The molecule has 0 aliphatic carbocycles. The van der Waals surface area contributed by atoms with E-state index in [1.54, 1.807) is 0 Å². The Hall–Kier alpha value is -7.99. The summed E-state index contributed by atoms with van der Waals surface area (Å²) in [7, 11) is 0. The summed E-state index contributed by atoms with van der Waals surface area (Å²) < 4.78 is 4.99. The van der Waals surface area contributed by atoms with Crippen LogP contribution in [0.15, 0.2) is 218 Å². The minimum atomic E-state index is 0.609. The van der Waals surface area contributed by atoms with Crippen LogP contribution in [0.25, 0.3) is 115 Å². The van der Waals surface area contributed by atoms with Crippen LogP contribution in [0.1, 0.15) is 0 Å². The SMILES string of the molecule is c1ccc(-c2cc(-c3ccccc3)cc(-c3nc(-c4ccccc4)nc(-c4ccccc4-n4c5ccccc5c5c6sc7c(-c8ccccc8)cccc7c6ccc54)n3)c2)cc1. The van der Waals surface area contributed by atoms with Gasteiger partial charge in [-0.05, 0) is 75.8 Å². The average Bonchev–Trinajstić information content (AvgIpc) is 3.91. The molecule has 0 atom stereocenters. The maximum absolute atomic E-state index is 5.38. The summed E-state index contributed by atoms with van der Waals surface area (Å²) in [5.41, 5.74) is 13.0. The van der Waals surface area contributed by atoms with Crippen molar-refractivity contribution in [1.29, 1.82) is 0 Å². The maximum Gasteiger partial charge on any atom is 0.166 e. The van der Waals surface area contributed by atoms with E-state index in [-0.39, 0.29) is 0 Å². The fourth-order valence-electron chi connectivity index (χ4n) is 8.96. The highest BCUT2D eigenvalue weighted by Gasteiger charge is 2.22. The van der Waals surface area contributed by atoms with Crippen molar-refractivity contribution in [2.45, 2.75) is 0 Å². The maximum atomic E-state index is 5.38. The van der Waals surface area contributed by atoms with Crippen molar-refractivity contribution in [3.8, 4) is 73.2 Å². The quantitative estimate of drug-likeness (QED) is 0.161. The van der Waals surface area contributed by atoms with Gasteiger partial charge in [-0.15, -0.1) is 11.3 Å². The topological polar surface area (TPSA) is 43.6 Å². The molecule has 0 bridgehead atoms. The van der Waals surface area contributed by atoms with Gasteiger partial charge in [0.15, 0.2) is 17.5 Å². The smallest absolute Gasteiger partial charge is 0.166 e. The summed E-state index contributed by atoms with van der Waals surface area (Å²) in [6.45, 7) is 0. The summed E-state index contributed by atoms with van der Waals surface area (Å²) >= 11 is 1.89. The number of hydrogen-bond acceptors (Lipinski definition) is 4. The second-order valence-corrected chi connectivity index (χ2v) is 16.6. The van der Waals surface area contributed by atoms with Gasteiger partial charge in [0.1, 0.15) is 0 Å². The van der Waals surface area contributed by atoms with E-state index < -0.39 is 0 Å². The molecule has 0 fully saturated rings. The van der Waals surface area contributed by atoms with E-state index in [1.807, 2.05) is 29.5 Å². The number of benzene rings is 9. The zero-order valence-electron chi connectivity index (χ0n) is 33.5.